The van der Waals surface area contributed by atoms with Crippen molar-refractivity contribution in [1.82, 2.24) is 15.1 Å². The van der Waals surface area contributed by atoms with E-state index in [1.165, 1.54) is 0 Å². The van der Waals surface area contributed by atoms with Crippen LogP contribution in [0.2, 0.25) is 0 Å². The number of carbonyl (C=O) groups excluding carboxylic acids is 1. The Morgan fingerprint density at radius 3 is 2.62 bits per heavy atom. The third kappa shape index (κ3) is 3.25. The van der Waals surface area contributed by atoms with E-state index >= 15 is 0 Å². The molecule has 0 spiro atoms. The SMILES string of the molecule is CCn1nc(C)cc1C(=O)NCC1(C(=O)O)CCCCC1. The topological polar surface area (TPSA) is 84.2 Å². The van der Waals surface area contributed by atoms with Crippen LogP contribution in [0.5, 0.6) is 0 Å². The zero-order chi connectivity index (χ0) is 15.5. The summed E-state index contributed by atoms with van der Waals surface area (Å²) in [5.41, 5.74) is 0.471. The summed E-state index contributed by atoms with van der Waals surface area (Å²) in [6, 6.07) is 1.73. The molecule has 0 aliphatic heterocycles. The molecule has 6 heteroatoms. The number of hydrogen-bond donors (Lipinski definition) is 2. The monoisotopic (exact) mass is 293 g/mol. The summed E-state index contributed by atoms with van der Waals surface area (Å²) >= 11 is 0. The predicted octanol–water partition coefficient (Wildman–Crippen LogP) is 1.98. The van der Waals surface area contributed by atoms with Crippen molar-refractivity contribution in [3.63, 3.8) is 0 Å². The molecule has 21 heavy (non-hydrogen) atoms. The summed E-state index contributed by atoms with van der Waals surface area (Å²) in [7, 11) is 0. The summed E-state index contributed by atoms with van der Waals surface area (Å²) in [6.45, 7) is 4.56. The van der Waals surface area contributed by atoms with E-state index in [2.05, 4.69) is 10.4 Å². The number of nitrogens with zero attached hydrogens (tertiary/aromatic N) is 2. The van der Waals surface area contributed by atoms with Crippen LogP contribution in [0.15, 0.2) is 6.07 Å². The molecule has 1 aliphatic carbocycles. The Balaban J connectivity index is 2.06. The summed E-state index contributed by atoms with van der Waals surface area (Å²) in [6.07, 6.45) is 4.16. The number of carboxylic acids is 1. The number of aromatic nitrogens is 2. The highest BCUT2D eigenvalue weighted by Gasteiger charge is 2.39. The van der Waals surface area contributed by atoms with E-state index in [0.29, 0.717) is 25.1 Å². The van der Waals surface area contributed by atoms with Crippen molar-refractivity contribution in [2.24, 2.45) is 5.41 Å². The fourth-order valence-electron chi connectivity index (χ4n) is 3.00. The molecule has 1 heterocycles. The molecule has 1 aromatic heterocycles. The van der Waals surface area contributed by atoms with Gasteiger partial charge in [-0.2, -0.15) is 5.10 Å². The Labute approximate surface area is 124 Å². The minimum Gasteiger partial charge on any atom is -0.481 e. The normalized spacial score (nSPS) is 17.4. The minimum absolute atomic E-state index is 0.190. The van der Waals surface area contributed by atoms with E-state index in [-0.39, 0.29) is 12.5 Å². The lowest BCUT2D eigenvalue weighted by atomic mass is 9.74. The van der Waals surface area contributed by atoms with Gasteiger partial charge >= 0.3 is 5.97 Å². The fourth-order valence-corrected chi connectivity index (χ4v) is 3.00. The Kier molecular flexibility index (Phi) is 4.65. The average molecular weight is 293 g/mol. The lowest BCUT2D eigenvalue weighted by Crippen LogP contribution is -2.44. The third-order valence-electron chi connectivity index (χ3n) is 4.29. The van der Waals surface area contributed by atoms with Gasteiger partial charge in [0, 0.05) is 13.1 Å². The molecule has 1 aromatic rings. The Bertz CT molecular complexity index is 530. The Morgan fingerprint density at radius 2 is 2.05 bits per heavy atom. The van der Waals surface area contributed by atoms with Gasteiger partial charge in [-0.25, -0.2) is 0 Å². The van der Waals surface area contributed by atoms with Gasteiger partial charge in [0.1, 0.15) is 5.69 Å². The quantitative estimate of drug-likeness (QED) is 0.869. The van der Waals surface area contributed by atoms with E-state index < -0.39 is 11.4 Å². The van der Waals surface area contributed by atoms with E-state index in [9.17, 15) is 14.7 Å². The number of carboxylic acid groups (broad SMARTS) is 1. The number of nitrogens with one attached hydrogen (secondary N) is 1. The van der Waals surface area contributed by atoms with Gasteiger partial charge in [0.05, 0.1) is 11.1 Å². The van der Waals surface area contributed by atoms with Crippen LogP contribution in [0.4, 0.5) is 0 Å². The molecule has 1 aliphatic rings. The Hall–Kier alpha value is -1.85. The zero-order valence-electron chi connectivity index (χ0n) is 12.7. The Morgan fingerprint density at radius 1 is 1.38 bits per heavy atom. The molecule has 116 valence electrons. The molecule has 0 radical (unpaired) electrons. The van der Waals surface area contributed by atoms with Crippen LogP contribution >= 0.6 is 0 Å². The molecule has 0 unspecified atom stereocenters. The van der Waals surface area contributed by atoms with Crippen molar-refractivity contribution in [2.45, 2.75) is 52.5 Å². The van der Waals surface area contributed by atoms with E-state index in [1.807, 2.05) is 13.8 Å². The van der Waals surface area contributed by atoms with Crippen molar-refractivity contribution in [3.8, 4) is 0 Å². The molecule has 2 rings (SSSR count). The third-order valence-corrected chi connectivity index (χ3v) is 4.29. The van der Waals surface area contributed by atoms with Crippen molar-refractivity contribution in [1.29, 1.82) is 0 Å². The van der Waals surface area contributed by atoms with Gasteiger partial charge in [-0.05, 0) is 32.8 Å². The minimum atomic E-state index is -0.806. The number of rotatable bonds is 5. The van der Waals surface area contributed by atoms with Gasteiger partial charge in [-0.15, -0.1) is 0 Å². The van der Waals surface area contributed by atoms with Crippen LogP contribution in [0.25, 0.3) is 0 Å². The maximum atomic E-state index is 12.3. The van der Waals surface area contributed by atoms with E-state index in [1.54, 1.807) is 10.7 Å². The lowest BCUT2D eigenvalue weighted by molar-refractivity contribution is -0.150. The van der Waals surface area contributed by atoms with Gasteiger partial charge in [0.25, 0.3) is 5.91 Å². The molecular weight excluding hydrogens is 270 g/mol. The van der Waals surface area contributed by atoms with Crippen LogP contribution in [0.1, 0.15) is 55.2 Å². The van der Waals surface area contributed by atoms with E-state index in [0.717, 1.165) is 25.0 Å². The molecule has 1 saturated carbocycles. The number of aliphatic carboxylic acids is 1. The predicted molar refractivity (Wildman–Crippen MR) is 78.1 cm³/mol. The second-order valence-corrected chi connectivity index (χ2v) is 5.82. The molecule has 6 nitrogen and oxygen atoms in total. The zero-order valence-corrected chi connectivity index (χ0v) is 12.7. The van der Waals surface area contributed by atoms with Crippen LogP contribution in [0, 0.1) is 12.3 Å². The van der Waals surface area contributed by atoms with Crippen LogP contribution < -0.4 is 5.32 Å². The first-order chi connectivity index (χ1) is 9.98. The van der Waals surface area contributed by atoms with Crippen LogP contribution in [0.3, 0.4) is 0 Å². The van der Waals surface area contributed by atoms with Gasteiger partial charge in [-0.1, -0.05) is 19.3 Å². The first-order valence-electron chi connectivity index (χ1n) is 7.54. The van der Waals surface area contributed by atoms with Crippen molar-refractivity contribution < 1.29 is 14.7 Å². The smallest absolute Gasteiger partial charge is 0.311 e. The van der Waals surface area contributed by atoms with Crippen molar-refractivity contribution in [3.05, 3.63) is 17.5 Å². The van der Waals surface area contributed by atoms with Crippen molar-refractivity contribution >= 4 is 11.9 Å². The summed E-state index contributed by atoms with van der Waals surface area (Å²) < 4.78 is 1.64. The maximum absolute atomic E-state index is 12.3. The highest BCUT2D eigenvalue weighted by Crippen LogP contribution is 2.36. The first kappa shape index (κ1) is 15.5. The fraction of sp³-hybridized carbons (Fsp3) is 0.667. The number of hydrogen-bond acceptors (Lipinski definition) is 3. The van der Waals surface area contributed by atoms with Crippen LogP contribution in [-0.4, -0.2) is 33.3 Å². The lowest BCUT2D eigenvalue weighted by Gasteiger charge is -2.33. The number of carbonyl (C=O) groups is 2. The summed E-state index contributed by atoms with van der Waals surface area (Å²) in [4.78, 5) is 23.9. The molecular formula is C15H23N3O3. The molecule has 0 atom stereocenters. The maximum Gasteiger partial charge on any atom is 0.311 e. The number of amides is 1. The summed E-state index contributed by atoms with van der Waals surface area (Å²) in [5.74, 6) is -1.05. The number of aryl methyl sites for hydroxylation is 2. The molecule has 1 fully saturated rings. The second kappa shape index (κ2) is 6.28. The standard InChI is InChI=1S/C15H23N3O3/c1-3-18-12(9-11(2)17-18)13(19)16-10-15(14(20)21)7-5-4-6-8-15/h9H,3-8,10H2,1-2H3,(H,16,19)(H,20,21). The van der Waals surface area contributed by atoms with Gasteiger partial charge in [0.2, 0.25) is 0 Å². The molecule has 1 amide bonds. The van der Waals surface area contributed by atoms with Gasteiger partial charge < -0.3 is 10.4 Å². The average Bonchev–Trinajstić information content (AvgIpc) is 2.86. The summed E-state index contributed by atoms with van der Waals surface area (Å²) in [5, 5.41) is 16.5. The first-order valence-corrected chi connectivity index (χ1v) is 7.54. The van der Waals surface area contributed by atoms with E-state index in [4.69, 9.17) is 0 Å². The molecule has 0 bridgehead atoms. The molecule has 0 aromatic carbocycles. The second-order valence-electron chi connectivity index (χ2n) is 5.82. The largest absolute Gasteiger partial charge is 0.481 e. The molecule has 0 saturated heterocycles. The highest BCUT2D eigenvalue weighted by atomic mass is 16.4. The molecule has 2 N–H and O–H groups in total. The van der Waals surface area contributed by atoms with Gasteiger partial charge in [0.15, 0.2) is 0 Å². The highest BCUT2D eigenvalue weighted by molar-refractivity contribution is 5.93. The van der Waals surface area contributed by atoms with Crippen molar-refractivity contribution in [2.75, 3.05) is 6.54 Å². The van der Waals surface area contributed by atoms with Crippen LogP contribution in [-0.2, 0) is 11.3 Å². The van der Waals surface area contributed by atoms with Gasteiger partial charge in [-0.3, -0.25) is 14.3 Å².